The number of anilines is 2. The van der Waals surface area contributed by atoms with Crippen LogP contribution >= 0.6 is 0 Å². The van der Waals surface area contributed by atoms with Crippen molar-refractivity contribution in [3.63, 3.8) is 0 Å². The molecule has 2 fully saturated rings. The van der Waals surface area contributed by atoms with Crippen LogP contribution in [0.25, 0.3) is 0 Å². The van der Waals surface area contributed by atoms with E-state index < -0.39 is 11.7 Å². The van der Waals surface area contributed by atoms with Crippen molar-refractivity contribution in [3.8, 4) is 5.75 Å². The number of methoxy groups -OCH3 is 1. The first-order chi connectivity index (χ1) is 14.5. The average Bonchev–Trinajstić information content (AvgIpc) is 2.80. The Kier molecular flexibility index (Phi) is 7.81. The normalized spacial score (nSPS) is 17.2. The third kappa shape index (κ3) is 6.03. The molecule has 5 nitrogen and oxygen atoms in total. The SMILES string of the molecule is COc1ccccc1N1CCNCC1.FC(F)(F)c1cccc(N2CCNCC2)c1. The predicted molar refractivity (Wildman–Crippen MR) is 115 cm³/mol. The monoisotopic (exact) mass is 422 g/mol. The van der Waals surface area contributed by atoms with Gasteiger partial charge in [-0.1, -0.05) is 18.2 Å². The van der Waals surface area contributed by atoms with E-state index in [1.165, 1.54) is 17.8 Å². The topological polar surface area (TPSA) is 39.8 Å². The lowest BCUT2D eigenvalue weighted by Crippen LogP contribution is -2.43. The highest BCUT2D eigenvalue weighted by atomic mass is 19.4. The lowest BCUT2D eigenvalue weighted by Gasteiger charge is -2.30. The largest absolute Gasteiger partial charge is 0.495 e. The Hall–Kier alpha value is -2.45. The van der Waals surface area contributed by atoms with E-state index >= 15 is 0 Å². The summed E-state index contributed by atoms with van der Waals surface area (Å²) in [7, 11) is 1.72. The fourth-order valence-corrected chi connectivity index (χ4v) is 3.60. The summed E-state index contributed by atoms with van der Waals surface area (Å²) in [5.74, 6) is 0.967. The number of halogens is 3. The maximum absolute atomic E-state index is 12.5. The molecule has 2 aromatic carbocycles. The Morgan fingerprint density at radius 2 is 1.40 bits per heavy atom. The molecule has 0 aliphatic carbocycles. The zero-order valence-electron chi connectivity index (χ0n) is 17.2. The van der Waals surface area contributed by atoms with Gasteiger partial charge in [0.1, 0.15) is 5.75 Å². The summed E-state index contributed by atoms with van der Waals surface area (Å²) >= 11 is 0. The summed E-state index contributed by atoms with van der Waals surface area (Å²) in [5.41, 5.74) is 1.27. The molecule has 0 atom stereocenters. The van der Waals surface area contributed by atoms with E-state index in [0.29, 0.717) is 5.69 Å². The number of hydrogen-bond acceptors (Lipinski definition) is 5. The Balaban J connectivity index is 0.000000172. The molecule has 2 aliphatic heterocycles. The van der Waals surface area contributed by atoms with Gasteiger partial charge in [-0.15, -0.1) is 0 Å². The standard InChI is InChI=1S/C11H13F3N2.C11H16N2O/c12-11(13,14)9-2-1-3-10(8-9)16-6-4-15-5-7-16;1-14-11-5-3-2-4-10(11)13-8-6-12-7-9-13/h1-3,8,15H,4-7H2;2-5,12H,6-9H2,1H3. The molecule has 0 unspecified atom stereocenters. The highest BCUT2D eigenvalue weighted by Gasteiger charge is 2.30. The Bertz CT molecular complexity index is 788. The average molecular weight is 422 g/mol. The zero-order chi connectivity index (χ0) is 21.4. The van der Waals surface area contributed by atoms with Crippen LogP contribution < -0.4 is 25.2 Å². The van der Waals surface area contributed by atoms with Gasteiger partial charge in [0.2, 0.25) is 0 Å². The molecule has 0 saturated carbocycles. The van der Waals surface area contributed by atoms with Crippen molar-refractivity contribution in [2.75, 3.05) is 69.3 Å². The van der Waals surface area contributed by atoms with E-state index in [1.54, 1.807) is 13.2 Å². The van der Waals surface area contributed by atoms with E-state index in [2.05, 4.69) is 27.7 Å². The third-order valence-corrected chi connectivity index (χ3v) is 5.20. The van der Waals surface area contributed by atoms with E-state index in [4.69, 9.17) is 4.74 Å². The van der Waals surface area contributed by atoms with E-state index in [-0.39, 0.29) is 0 Å². The molecule has 4 rings (SSSR count). The van der Waals surface area contributed by atoms with Crippen LogP contribution in [-0.2, 0) is 6.18 Å². The van der Waals surface area contributed by atoms with Gasteiger partial charge >= 0.3 is 6.18 Å². The van der Waals surface area contributed by atoms with Gasteiger partial charge in [-0.2, -0.15) is 13.2 Å². The minimum Gasteiger partial charge on any atom is -0.495 e. The number of rotatable bonds is 3. The van der Waals surface area contributed by atoms with Crippen molar-refractivity contribution in [1.82, 2.24) is 10.6 Å². The number of ether oxygens (including phenoxy) is 1. The number of benzene rings is 2. The van der Waals surface area contributed by atoms with Gasteiger partial charge in [0.25, 0.3) is 0 Å². The van der Waals surface area contributed by atoms with E-state index in [0.717, 1.165) is 64.2 Å². The van der Waals surface area contributed by atoms with Crippen LogP contribution in [0.3, 0.4) is 0 Å². The number of alkyl halides is 3. The van der Waals surface area contributed by atoms with Gasteiger partial charge < -0.3 is 25.2 Å². The first kappa shape index (κ1) is 22.2. The van der Waals surface area contributed by atoms with Crippen molar-refractivity contribution in [2.45, 2.75) is 6.18 Å². The van der Waals surface area contributed by atoms with Crippen LogP contribution in [0, 0.1) is 0 Å². The van der Waals surface area contributed by atoms with Crippen LogP contribution in [0.2, 0.25) is 0 Å². The molecule has 2 aliphatic rings. The van der Waals surface area contributed by atoms with Crippen molar-refractivity contribution in [3.05, 3.63) is 54.1 Å². The zero-order valence-corrected chi connectivity index (χ0v) is 17.2. The summed E-state index contributed by atoms with van der Waals surface area (Å²) in [4.78, 5) is 4.32. The number of piperazine rings is 2. The second-order valence-electron chi connectivity index (χ2n) is 7.19. The molecule has 2 saturated heterocycles. The smallest absolute Gasteiger partial charge is 0.416 e. The molecule has 2 N–H and O–H groups in total. The van der Waals surface area contributed by atoms with Crippen molar-refractivity contribution in [2.24, 2.45) is 0 Å². The number of nitrogens with zero attached hydrogens (tertiary/aromatic N) is 2. The molecule has 0 spiro atoms. The van der Waals surface area contributed by atoms with Crippen LogP contribution in [0.1, 0.15) is 5.56 Å². The molecule has 2 heterocycles. The molecule has 0 amide bonds. The highest BCUT2D eigenvalue weighted by molar-refractivity contribution is 5.58. The predicted octanol–water partition coefficient (Wildman–Crippen LogP) is 3.22. The summed E-state index contributed by atoms with van der Waals surface area (Å²) in [5, 5.41) is 6.50. The van der Waals surface area contributed by atoms with Crippen LogP contribution in [-0.4, -0.2) is 59.5 Å². The number of hydrogen-bond donors (Lipinski definition) is 2. The van der Waals surface area contributed by atoms with Crippen molar-refractivity contribution >= 4 is 11.4 Å². The quantitative estimate of drug-likeness (QED) is 0.795. The molecule has 0 bridgehead atoms. The van der Waals surface area contributed by atoms with Gasteiger partial charge in [-0.05, 0) is 30.3 Å². The molecule has 0 radical (unpaired) electrons. The molecule has 0 aromatic heterocycles. The fraction of sp³-hybridized carbons (Fsp3) is 0.455. The summed E-state index contributed by atoms with van der Waals surface area (Å²) in [6.45, 7) is 7.35. The molecule has 2 aromatic rings. The van der Waals surface area contributed by atoms with Gasteiger partial charge in [-0.3, -0.25) is 0 Å². The minimum atomic E-state index is -4.26. The van der Waals surface area contributed by atoms with Crippen LogP contribution in [0.15, 0.2) is 48.5 Å². The lowest BCUT2D eigenvalue weighted by molar-refractivity contribution is -0.137. The molecule has 30 heavy (non-hydrogen) atoms. The summed E-state index contributed by atoms with van der Waals surface area (Å²) < 4.78 is 42.8. The lowest BCUT2D eigenvalue weighted by atomic mass is 10.1. The number of nitrogens with one attached hydrogen (secondary N) is 2. The molecule has 164 valence electrons. The first-order valence-corrected chi connectivity index (χ1v) is 10.2. The molecule has 8 heteroatoms. The molecular weight excluding hydrogens is 393 g/mol. The van der Waals surface area contributed by atoms with Crippen LogP contribution in [0.4, 0.5) is 24.5 Å². The Morgan fingerprint density at radius 3 is 2.00 bits per heavy atom. The molecular formula is C22H29F3N4O. The van der Waals surface area contributed by atoms with Gasteiger partial charge in [0.05, 0.1) is 18.4 Å². The van der Waals surface area contributed by atoms with Gasteiger partial charge in [-0.25, -0.2) is 0 Å². The minimum absolute atomic E-state index is 0.580. The maximum Gasteiger partial charge on any atom is 0.416 e. The first-order valence-electron chi connectivity index (χ1n) is 10.2. The van der Waals surface area contributed by atoms with Crippen molar-refractivity contribution < 1.29 is 17.9 Å². The maximum atomic E-state index is 12.5. The van der Waals surface area contributed by atoms with E-state index in [9.17, 15) is 13.2 Å². The number of para-hydroxylation sites is 2. The third-order valence-electron chi connectivity index (χ3n) is 5.20. The Labute approximate surface area is 175 Å². The van der Waals surface area contributed by atoms with Gasteiger partial charge in [0.15, 0.2) is 0 Å². The van der Waals surface area contributed by atoms with Crippen molar-refractivity contribution in [1.29, 1.82) is 0 Å². The summed E-state index contributed by atoms with van der Waals surface area (Å²) in [6.07, 6.45) is -4.26. The van der Waals surface area contributed by atoms with Crippen LogP contribution in [0.5, 0.6) is 5.75 Å². The van der Waals surface area contributed by atoms with Gasteiger partial charge in [0, 0.05) is 58.0 Å². The summed E-state index contributed by atoms with van der Waals surface area (Å²) in [6, 6.07) is 13.7. The second-order valence-corrected chi connectivity index (χ2v) is 7.19. The van der Waals surface area contributed by atoms with E-state index in [1.807, 2.05) is 17.0 Å². The Morgan fingerprint density at radius 1 is 0.800 bits per heavy atom. The highest BCUT2D eigenvalue weighted by Crippen LogP contribution is 2.31. The fourth-order valence-electron chi connectivity index (χ4n) is 3.60. The second kappa shape index (κ2) is 10.5.